The number of rotatable bonds is 13. The minimum atomic E-state index is -0.503. The molecule has 0 amide bonds. The molecule has 9 aromatic rings. The van der Waals surface area contributed by atoms with Crippen LogP contribution in [0.3, 0.4) is 0 Å². The lowest BCUT2D eigenvalue weighted by atomic mass is 9.89. The van der Waals surface area contributed by atoms with Crippen molar-refractivity contribution >= 4 is 63.1 Å². The summed E-state index contributed by atoms with van der Waals surface area (Å²) >= 11 is 0. The lowest BCUT2D eigenvalue weighted by Crippen LogP contribution is -2.12. The Morgan fingerprint density at radius 2 is 0.788 bits per heavy atom. The quantitative estimate of drug-likeness (QED) is 0.0842. The third-order valence-corrected chi connectivity index (χ3v) is 11.9. The fraction of sp³-hybridized carbons (Fsp3) is 0.0847. The number of fused-ring (bicyclic) bond motifs is 2. The molecule has 0 heterocycles. The van der Waals surface area contributed by atoms with Crippen LogP contribution in [0.4, 0.5) is 17.1 Å². The van der Waals surface area contributed by atoms with Gasteiger partial charge in [0, 0.05) is 28.2 Å². The minimum absolute atomic E-state index is 0.178. The van der Waals surface area contributed by atoms with Crippen molar-refractivity contribution in [3.8, 4) is 44.5 Å². The van der Waals surface area contributed by atoms with E-state index in [-0.39, 0.29) is 13.2 Å². The highest BCUT2D eigenvalue weighted by Gasteiger charge is 2.24. The standard InChI is InChI=1S/C59H45NO6/c1-4-65-58(63)56-35-55(46-19-17-40-11-7-9-13-44(40)31-46)57(59(64)66-5-2)34-54(56)42-22-28-51(29-23-42)60(49-24-14-38(3)15-25-49)50-26-20-41(21-27-50)52-32-48(37-62)53(33-47(52)36-61)45-18-16-39-10-6-8-12-43(39)30-45/h6-37H,4-5H2,1-3H3. The lowest BCUT2D eigenvalue weighted by molar-refractivity contribution is 0.0513. The maximum absolute atomic E-state index is 13.8. The molecular formula is C59H45NO6. The molecule has 0 N–H and O–H groups in total. The average Bonchev–Trinajstić information content (AvgIpc) is 3.36. The van der Waals surface area contributed by atoms with E-state index in [4.69, 9.17) is 9.47 Å². The Hall–Kier alpha value is -8.42. The Balaban J connectivity index is 1.10. The number of hydrogen-bond acceptors (Lipinski definition) is 7. The molecule has 0 aromatic heterocycles. The Labute approximate surface area is 383 Å². The van der Waals surface area contributed by atoms with E-state index in [2.05, 4.69) is 29.2 Å². The second-order valence-electron chi connectivity index (χ2n) is 16.0. The maximum Gasteiger partial charge on any atom is 0.338 e. The van der Waals surface area contributed by atoms with E-state index in [9.17, 15) is 19.2 Å². The lowest BCUT2D eigenvalue weighted by Gasteiger charge is -2.26. The minimum Gasteiger partial charge on any atom is -0.462 e. The molecule has 0 aliphatic heterocycles. The second-order valence-corrected chi connectivity index (χ2v) is 16.0. The number of carbonyl (C=O) groups excluding carboxylic acids is 4. The molecule has 0 bridgehead atoms. The van der Waals surface area contributed by atoms with Crippen LogP contribution >= 0.6 is 0 Å². The van der Waals surface area contributed by atoms with Crippen LogP contribution in [0.2, 0.25) is 0 Å². The number of hydrogen-bond donors (Lipinski definition) is 0. The molecule has 0 radical (unpaired) electrons. The zero-order valence-corrected chi connectivity index (χ0v) is 36.8. The summed E-state index contributed by atoms with van der Waals surface area (Å²) in [6, 6.07) is 59.0. The van der Waals surface area contributed by atoms with Gasteiger partial charge in [0.2, 0.25) is 0 Å². The first-order valence-corrected chi connectivity index (χ1v) is 21.9. The summed E-state index contributed by atoms with van der Waals surface area (Å²) in [5, 5.41) is 4.19. The molecule has 66 heavy (non-hydrogen) atoms. The van der Waals surface area contributed by atoms with Crippen LogP contribution in [-0.4, -0.2) is 37.7 Å². The molecule has 0 spiro atoms. The molecule has 9 rings (SSSR count). The SMILES string of the molecule is CCOC(=O)c1cc(-c2ccc3ccccc3c2)c(C(=O)OCC)cc1-c1ccc(N(c2ccc(C)cc2)c2ccc(-c3cc(C=O)c(-c4ccc5ccccc5c4)cc3C=O)cc2)cc1. The van der Waals surface area contributed by atoms with Crippen molar-refractivity contribution in [2.45, 2.75) is 20.8 Å². The van der Waals surface area contributed by atoms with E-state index in [0.29, 0.717) is 50.1 Å². The van der Waals surface area contributed by atoms with Crippen molar-refractivity contribution in [2.24, 2.45) is 0 Å². The van der Waals surface area contributed by atoms with Crippen LogP contribution in [0.5, 0.6) is 0 Å². The highest BCUT2D eigenvalue weighted by Crippen LogP contribution is 2.40. The van der Waals surface area contributed by atoms with Crippen LogP contribution in [0.25, 0.3) is 66.1 Å². The summed E-state index contributed by atoms with van der Waals surface area (Å²) in [6.45, 7) is 5.94. The largest absolute Gasteiger partial charge is 0.462 e. The molecule has 9 aromatic carbocycles. The zero-order chi connectivity index (χ0) is 45.7. The molecule has 0 fully saturated rings. The summed E-state index contributed by atoms with van der Waals surface area (Å²) in [4.78, 5) is 54.8. The van der Waals surface area contributed by atoms with Crippen molar-refractivity contribution in [1.29, 1.82) is 0 Å². The number of anilines is 3. The Morgan fingerprint density at radius 1 is 0.424 bits per heavy atom. The van der Waals surface area contributed by atoms with Crippen LogP contribution < -0.4 is 4.90 Å². The van der Waals surface area contributed by atoms with Gasteiger partial charge in [0.05, 0.1) is 24.3 Å². The molecule has 7 heteroatoms. The monoisotopic (exact) mass is 863 g/mol. The Morgan fingerprint density at radius 3 is 1.23 bits per heavy atom. The van der Waals surface area contributed by atoms with E-state index in [1.165, 1.54) is 0 Å². The second kappa shape index (κ2) is 18.7. The number of esters is 2. The summed E-state index contributed by atoms with van der Waals surface area (Å²) in [5.41, 5.74) is 10.9. The topological polar surface area (TPSA) is 90.0 Å². The van der Waals surface area contributed by atoms with Gasteiger partial charge >= 0.3 is 11.9 Å². The first kappa shape index (κ1) is 42.9. The number of ether oxygens (including phenoxy) is 2. The van der Waals surface area contributed by atoms with Gasteiger partial charge in [-0.3, -0.25) is 9.59 Å². The fourth-order valence-electron chi connectivity index (χ4n) is 8.60. The van der Waals surface area contributed by atoms with Gasteiger partial charge in [-0.15, -0.1) is 0 Å². The van der Waals surface area contributed by atoms with Gasteiger partial charge in [-0.2, -0.15) is 0 Å². The van der Waals surface area contributed by atoms with Gasteiger partial charge in [0.15, 0.2) is 12.6 Å². The molecule has 0 aliphatic rings. The molecule has 0 atom stereocenters. The van der Waals surface area contributed by atoms with Crippen LogP contribution in [0.1, 0.15) is 60.8 Å². The molecule has 0 saturated heterocycles. The molecule has 0 saturated carbocycles. The van der Waals surface area contributed by atoms with Crippen LogP contribution in [0, 0.1) is 6.92 Å². The van der Waals surface area contributed by atoms with Crippen LogP contribution in [0.15, 0.2) is 182 Å². The third-order valence-electron chi connectivity index (χ3n) is 11.9. The maximum atomic E-state index is 13.8. The summed E-state index contributed by atoms with van der Waals surface area (Å²) in [7, 11) is 0. The third kappa shape index (κ3) is 8.50. The molecule has 322 valence electrons. The molecule has 0 unspecified atom stereocenters. The predicted molar refractivity (Wildman–Crippen MR) is 265 cm³/mol. The van der Waals surface area contributed by atoms with Gasteiger partial charge in [0.1, 0.15) is 0 Å². The van der Waals surface area contributed by atoms with Gasteiger partial charge in [-0.25, -0.2) is 9.59 Å². The van der Waals surface area contributed by atoms with E-state index < -0.39 is 11.9 Å². The van der Waals surface area contributed by atoms with Crippen molar-refractivity contribution in [3.05, 3.63) is 210 Å². The van der Waals surface area contributed by atoms with Gasteiger partial charge in [-0.1, -0.05) is 115 Å². The zero-order valence-electron chi connectivity index (χ0n) is 36.8. The average molecular weight is 864 g/mol. The van der Waals surface area contributed by atoms with Crippen LogP contribution in [-0.2, 0) is 9.47 Å². The molecular weight excluding hydrogens is 819 g/mol. The first-order valence-electron chi connectivity index (χ1n) is 21.9. The molecule has 0 aliphatic carbocycles. The van der Waals surface area contributed by atoms with Gasteiger partial charge in [-0.05, 0) is 160 Å². The number of aldehydes is 2. The smallest absolute Gasteiger partial charge is 0.338 e. The number of carbonyl (C=O) groups is 4. The van der Waals surface area contributed by atoms with E-state index in [1.54, 1.807) is 38.1 Å². The first-order chi connectivity index (χ1) is 32.3. The fourth-order valence-corrected chi connectivity index (χ4v) is 8.60. The highest BCUT2D eigenvalue weighted by molar-refractivity contribution is 6.06. The highest BCUT2D eigenvalue weighted by atomic mass is 16.5. The van der Waals surface area contributed by atoms with Crippen molar-refractivity contribution in [2.75, 3.05) is 18.1 Å². The summed E-state index contributed by atoms with van der Waals surface area (Å²) in [6.07, 6.45) is 1.68. The Bertz CT molecular complexity index is 3300. The number of benzene rings is 9. The van der Waals surface area contributed by atoms with E-state index in [0.717, 1.165) is 73.4 Å². The van der Waals surface area contributed by atoms with E-state index in [1.807, 2.05) is 140 Å². The Kier molecular flexibility index (Phi) is 12.2. The normalized spacial score (nSPS) is 11.0. The number of aryl methyl sites for hydroxylation is 1. The summed E-state index contributed by atoms with van der Waals surface area (Å²) < 4.78 is 11.2. The van der Waals surface area contributed by atoms with E-state index >= 15 is 0 Å². The van der Waals surface area contributed by atoms with Gasteiger partial charge < -0.3 is 14.4 Å². The van der Waals surface area contributed by atoms with Crippen molar-refractivity contribution in [1.82, 2.24) is 0 Å². The molecule has 7 nitrogen and oxygen atoms in total. The predicted octanol–water partition coefficient (Wildman–Crippen LogP) is 14.4. The van der Waals surface area contributed by atoms with Crippen molar-refractivity contribution < 1.29 is 28.7 Å². The summed E-state index contributed by atoms with van der Waals surface area (Å²) in [5.74, 6) is -0.997. The number of nitrogens with zero attached hydrogens (tertiary/aromatic N) is 1. The van der Waals surface area contributed by atoms with Gasteiger partial charge in [0.25, 0.3) is 0 Å². The van der Waals surface area contributed by atoms with Crippen molar-refractivity contribution in [3.63, 3.8) is 0 Å².